The molecule has 0 spiro atoms. The lowest BCUT2D eigenvalue weighted by Crippen LogP contribution is -2.36. The number of anilines is 2. The predicted octanol–water partition coefficient (Wildman–Crippen LogP) is 5.83. The molecule has 3 N–H and O–H groups in total. The first kappa shape index (κ1) is 26.9. The van der Waals surface area contributed by atoms with Crippen molar-refractivity contribution in [2.45, 2.75) is 38.8 Å². The molecule has 1 aliphatic heterocycles. The van der Waals surface area contributed by atoms with E-state index in [2.05, 4.69) is 42.8 Å². The van der Waals surface area contributed by atoms with Crippen molar-refractivity contribution in [1.82, 2.24) is 9.88 Å². The first-order chi connectivity index (χ1) is 17.9. The van der Waals surface area contributed by atoms with Crippen LogP contribution in [0.25, 0.3) is 0 Å². The van der Waals surface area contributed by atoms with Crippen molar-refractivity contribution in [3.8, 4) is 5.75 Å². The third kappa shape index (κ3) is 7.69. The number of benzene rings is 2. The molecule has 0 radical (unpaired) electrons. The Kier molecular flexibility index (Phi) is 9.41. The first-order valence-corrected chi connectivity index (χ1v) is 13.5. The number of carboxylic acid groups (broad SMARTS) is 1. The summed E-state index contributed by atoms with van der Waals surface area (Å²) in [6.45, 7) is 4.26. The first-order valence-electron chi connectivity index (χ1n) is 12.8. The average molecular weight is 568 g/mol. The van der Waals surface area contributed by atoms with Gasteiger partial charge in [-0.2, -0.15) is 0 Å². The van der Waals surface area contributed by atoms with Crippen LogP contribution in [0.5, 0.6) is 5.75 Å². The van der Waals surface area contributed by atoms with Gasteiger partial charge in [0, 0.05) is 30.7 Å². The Bertz CT molecular complexity index is 1190. The summed E-state index contributed by atoms with van der Waals surface area (Å²) in [5.41, 5.74) is 9.29. The number of ether oxygens (including phenoxy) is 1. The van der Waals surface area contributed by atoms with Gasteiger partial charge in [0.05, 0.1) is 24.1 Å². The number of hydrogen-bond acceptors (Lipinski definition) is 6. The Morgan fingerprint density at radius 3 is 2.73 bits per heavy atom. The van der Waals surface area contributed by atoms with Crippen LogP contribution in [0.2, 0.25) is 0 Å². The summed E-state index contributed by atoms with van der Waals surface area (Å²) >= 11 is 3.51. The molecule has 1 fully saturated rings. The topological polar surface area (TPSA) is 91.9 Å². The molecule has 2 heterocycles. The molecule has 1 atom stereocenters. The van der Waals surface area contributed by atoms with Crippen molar-refractivity contribution in [2.75, 3.05) is 37.4 Å². The number of hydrogen-bond donors (Lipinski definition) is 2. The highest BCUT2D eigenvalue weighted by atomic mass is 79.9. The minimum absolute atomic E-state index is 0.365. The summed E-state index contributed by atoms with van der Waals surface area (Å²) in [4.78, 5) is 21.0. The molecule has 1 aromatic heterocycles. The minimum Gasteiger partial charge on any atom is -0.497 e. The number of methoxy groups -OCH3 is 1. The number of carboxylic acids is 1. The Hall–Kier alpha value is -3.10. The fourth-order valence-electron chi connectivity index (χ4n) is 5.09. The number of nitrogens with two attached hydrogens (primary N) is 1. The van der Waals surface area contributed by atoms with Crippen LogP contribution in [-0.2, 0) is 13.1 Å². The van der Waals surface area contributed by atoms with Gasteiger partial charge in [-0.3, -0.25) is 4.90 Å². The standard InChI is InChI=1S/C29H35BrN4O3/c1-37-25-12-9-22(10-13-25)18-33(20-24-7-2-8-28(31)32-24)15-3-5-21-6-4-16-34(19-21)27-17-23(30)11-14-26(27)29(35)36/h2,7-14,17,21H,3-6,15-16,18-20H2,1H3,(H2,31,32)(H,35,36). The van der Waals surface area contributed by atoms with E-state index in [-0.39, 0.29) is 0 Å². The van der Waals surface area contributed by atoms with Gasteiger partial charge in [-0.1, -0.05) is 34.1 Å². The van der Waals surface area contributed by atoms with E-state index in [1.807, 2.05) is 36.4 Å². The number of pyridine rings is 1. The van der Waals surface area contributed by atoms with Gasteiger partial charge < -0.3 is 20.5 Å². The van der Waals surface area contributed by atoms with Gasteiger partial charge in [0.25, 0.3) is 0 Å². The highest BCUT2D eigenvalue weighted by molar-refractivity contribution is 9.10. The summed E-state index contributed by atoms with van der Waals surface area (Å²) in [5, 5.41) is 9.68. The molecule has 37 heavy (non-hydrogen) atoms. The van der Waals surface area contributed by atoms with E-state index in [0.29, 0.717) is 17.3 Å². The molecular weight excluding hydrogens is 532 g/mol. The van der Waals surface area contributed by atoms with E-state index < -0.39 is 5.97 Å². The predicted molar refractivity (Wildman–Crippen MR) is 151 cm³/mol. The number of nitrogen functional groups attached to an aromatic ring is 1. The lowest BCUT2D eigenvalue weighted by atomic mass is 9.92. The molecule has 2 aromatic carbocycles. The van der Waals surface area contributed by atoms with Crippen molar-refractivity contribution in [1.29, 1.82) is 0 Å². The van der Waals surface area contributed by atoms with Crippen molar-refractivity contribution in [3.05, 3.63) is 82.0 Å². The van der Waals surface area contributed by atoms with Crippen molar-refractivity contribution < 1.29 is 14.6 Å². The van der Waals surface area contributed by atoms with E-state index in [4.69, 9.17) is 10.5 Å². The van der Waals surface area contributed by atoms with Crippen LogP contribution in [0.15, 0.2) is 65.1 Å². The molecular formula is C29H35BrN4O3. The van der Waals surface area contributed by atoms with Crippen LogP contribution in [0.3, 0.4) is 0 Å². The smallest absolute Gasteiger partial charge is 0.337 e. The fourth-order valence-corrected chi connectivity index (χ4v) is 5.44. The van der Waals surface area contributed by atoms with Gasteiger partial charge in [0.15, 0.2) is 0 Å². The average Bonchev–Trinajstić information content (AvgIpc) is 2.89. The molecule has 0 aliphatic carbocycles. The second-order valence-electron chi connectivity index (χ2n) is 9.68. The zero-order chi connectivity index (χ0) is 26.2. The Balaban J connectivity index is 1.39. The number of aromatic carboxylic acids is 1. The van der Waals surface area contributed by atoms with Gasteiger partial charge >= 0.3 is 5.97 Å². The molecule has 1 aliphatic rings. The summed E-state index contributed by atoms with van der Waals surface area (Å²) in [5.74, 6) is 1.04. The zero-order valence-corrected chi connectivity index (χ0v) is 22.9. The summed E-state index contributed by atoms with van der Waals surface area (Å²) < 4.78 is 6.21. The second kappa shape index (κ2) is 12.9. The maximum atomic E-state index is 11.8. The van der Waals surface area contributed by atoms with Crippen LogP contribution >= 0.6 is 15.9 Å². The van der Waals surface area contributed by atoms with E-state index in [9.17, 15) is 9.90 Å². The molecule has 0 bridgehead atoms. The van der Waals surface area contributed by atoms with Gasteiger partial charge in [0.1, 0.15) is 11.6 Å². The minimum atomic E-state index is -0.881. The molecule has 4 rings (SSSR count). The number of nitrogens with zero attached hydrogens (tertiary/aromatic N) is 3. The van der Waals surface area contributed by atoms with E-state index in [1.54, 1.807) is 19.2 Å². The monoisotopic (exact) mass is 566 g/mol. The second-order valence-corrected chi connectivity index (χ2v) is 10.6. The van der Waals surface area contributed by atoms with Crippen LogP contribution in [0.4, 0.5) is 11.5 Å². The van der Waals surface area contributed by atoms with Crippen LogP contribution in [-0.4, -0.2) is 47.7 Å². The van der Waals surface area contributed by atoms with Gasteiger partial charge in [-0.15, -0.1) is 0 Å². The summed E-state index contributed by atoms with van der Waals surface area (Å²) in [6, 6.07) is 19.4. The lowest BCUT2D eigenvalue weighted by Gasteiger charge is -2.35. The summed E-state index contributed by atoms with van der Waals surface area (Å²) in [6.07, 6.45) is 4.39. The maximum Gasteiger partial charge on any atom is 0.337 e. The quantitative estimate of drug-likeness (QED) is 0.301. The normalized spacial score (nSPS) is 15.6. The zero-order valence-electron chi connectivity index (χ0n) is 21.3. The lowest BCUT2D eigenvalue weighted by molar-refractivity contribution is 0.0697. The third-order valence-electron chi connectivity index (χ3n) is 6.92. The van der Waals surface area contributed by atoms with Crippen LogP contribution in [0, 0.1) is 5.92 Å². The molecule has 1 saturated heterocycles. The highest BCUT2D eigenvalue weighted by Crippen LogP contribution is 2.31. The van der Waals surface area contributed by atoms with Crippen LogP contribution < -0.4 is 15.4 Å². The van der Waals surface area contributed by atoms with Crippen LogP contribution in [0.1, 0.15) is 47.3 Å². The molecule has 0 saturated carbocycles. The van der Waals surface area contributed by atoms with Crippen molar-refractivity contribution in [2.24, 2.45) is 5.92 Å². The van der Waals surface area contributed by atoms with E-state index in [1.165, 1.54) is 12.0 Å². The number of carbonyl (C=O) groups is 1. The SMILES string of the molecule is COc1ccc(CN(CCCC2CCCN(c3cc(Br)ccc3C(=O)O)C2)Cc2cccc(N)n2)cc1. The third-order valence-corrected chi connectivity index (χ3v) is 7.41. The van der Waals surface area contributed by atoms with Gasteiger partial charge in [-0.05, 0) is 86.2 Å². The number of piperidine rings is 1. The van der Waals surface area contributed by atoms with Gasteiger partial charge in [-0.25, -0.2) is 9.78 Å². The Morgan fingerprint density at radius 2 is 2.00 bits per heavy atom. The molecule has 7 nitrogen and oxygen atoms in total. The number of aromatic nitrogens is 1. The molecule has 8 heteroatoms. The molecule has 196 valence electrons. The van der Waals surface area contributed by atoms with E-state index >= 15 is 0 Å². The Morgan fingerprint density at radius 1 is 1.19 bits per heavy atom. The highest BCUT2D eigenvalue weighted by Gasteiger charge is 2.24. The fraction of sp³-hybridized carbons (Fsp3) is 0.379. The van der Waals surface area contributed by atoms with Gasteiger partial charge in [0.2, 0.25) is 0 Å². The number of rotatable bonds is 11. The molecule has 0 amide bonds. The van der Waals surface area contributed by atoms with Crippen molar-refractivity contribution in [3.63, 3.8) is 0 Å². The van der Waals surface area contributed by atoms with Crippen molar-refractivity contribution >= 4 is 33.4 Å². The largest absolute Gasteiger partial charge is 0.497 e. The molecule has 1 unspecified atom stereocenters. The Labute approximate surface area is 227 Å². The summed E-state index contributed by atoms with van der Waals surface area (Å²) in [7, 11) is 1.68. The molecule has 3 aromatic rings. The number of halogens is 1. The van der Waals surface area contributed by atoms with E-state index in [0.717, 1.165) is 73.6 Å². The maximum absolute atomic E-state index is 11.8.